The molecule has 0 radical (unpaired) electrons. The monoisotopic (exact) mass is 290 g/mol. The number of carbonyl (C=O) groups excluding carboxylic acids is 1. The van der Waals surface area contributed by atoms with Crippen molar-refractivity contribution < 1.29 is 14.7 Å². The highest BCUT2D eigenvalue weighted by atomic mass is 32.1. The van der Waals surface area contributed by atoms with Crippen LogP contribution in [0.25, 0.3) is 0 Å². The third kappa shape index (κ3) is 3.83. The quantitative estimate of drug-likeness (QED) is 0.791. The lowest BCUT2D eigenvalue weighted by molar-refractivity contribution is -0.114. The van der Waals surface area contributed by atoms with Crippen LogP contribution in [-0.4, -0.2) is 17.0 Å². The molecule has 3 N–H and O–H groups in total. The number of thiophene rings is 1. The molecule has 2 rings (SSSR count). The van der Waals surface area contributed by atoms with Gasteiger partial charge in [0.15, 0.2) is 0 Å². The van der Waals surface area contributed by atoms with Crippen molar-refractivity contribution in [1.82, 2.24) is 0 Å². The van der Waals surface area contributed by atoms with E-state index in [9.17, 15) is 9.59 Å². The first kappa shape index (κ1) is 14.1. The molecule has 20 heavy (non-hydrogen) atoms. The van der Waals surface area contributed by atoms with Crippen LogP contribution in [0.3, 0.4) is 0 Å². The molecule has 0 aliphatic rings. The topological polar surface area (TPSA) is 78.4 Å². The Bertz CT molecular complexity index is 620. The van der Waals surface area contributed by atoms with Gasteiger partial charge in [0.05, 0.1) is 5.56 Å². The SMILES string of the molecule is CC(=O)Nc1ccc(NCc2cc(C(=O)O)cs2)cc1. The third-order valence-corrected chi connectivity index (χ3v) is 3.51. The fourth-order valence-corrected chi connectivity index (χ4v) is 2.45. The fraction of sp³-hybridized carbons (Fsp3) is 0.143. The molecule has 1 aromatic heterocycles. The number of hydrogen-bond donors (Lipinski definition) is 3. The van der Waals surface area contributed by atoms with Crippen LogP contribution in [0.2, 0.25) is 0 Å². The zero-order valence-corrected chi connectivity index (χ0v) is 11.7. The van der Waals surface area contributed by atoms with Crippen LogP contribution in [0.4, 0.5) is 11.4 Å². The summed E-state index contributed by atoms with van der Waals surface area (Å²) in [6.45, 7) is 2.03. The Morgan fingerprint density at radius 3 is 2.40 bits per heavy atom. The maximum atomic E-state index is 10.9. The van der Waals surface area contributed by atoms with Crippen LogP contribution in [0, 0.1) is 0 Å². The molecule has 0 atom stereocenters. The van der Waals surface area contributed by atoms with Gasteiger partial charge in [0.1, 0.15) is 0 Å². The van der Waals surface area contributed by atoms with E-state index in [1.807, 2.05) is 12.1 Å². The molecule has 2 aromatic rings. The van der Waals surface area contributed by atoms with Gasteiger partial charge in [-0.1, -0.05) is 0 Å². The minimum absolute atomic E-state index is 0.106. The molecule has 0 saturated carbocycles. The number of carboxylic acids is 1. The lowest BCUT2D eigenvalue weighted by Crippen LogP contribution is -2.05. The number of benzene rings is 1. The molecule has 1 aromatic carbocycles. The van der Waals surface area contributed by atoms with Crippen LogP contribution in [-0.2, 0) is 11.3 Å². The molecule has 6 heteroatoms. The van der Waals surface area contributed by atoms with Gasteiger partial charge in [-0.05, 0) is 30.3 Å². The smallest absolute Gasteiger partial charge is 0.336 e. The number of amides is 1. The van der Waals surface area contributed by atoms with Crippen molar-refractivity contribution in [2.75, 3.05) is 10.6 Å². The molecule has 0 unspecified atom stereocenters. The number of carboxylic acid groups (broad SMARTS) is 1. The third-order valence-electron chi connectivity index (χ3n) is 2.57. The van der Waals surface area contributed by atoms with Gasteiger partial charge < -0.3 is 15.7 Å². The average molecular weight is 290 g/mol. The maximum Gasteiger partial charge on any atom is 0.336 e. The predicted octanol–water partition coefficient (Wildman–Crippen LogP) is 3.02. The Labute approximate surface area is 120 Å². The van der Waals surface area contributed by atoms with E-state index < -0.39 is 5.97 Å². The summed E-state index contributed by atoms with van der Waals surface area (Å²) in [6, 6.07) is 8.99. The van der Waals surface area contributed by atoms with E-state index in [0.717, 1.165) is 16.3 Å². The second kappa shape index (κ2) is 6.21. The highest BCUT2D eigenvalue weighted by Crippen LogP contribution is 2.18. The summed E-state index contributed by atoms with van der Waals surface area (Å²) < 4.78 is 0. The van der Waals surface area contributed by atoms with E-state index in [2.05, 4.69) is 10.6 Å². The number of carbonyl (C=O) groups is 2. The van der Waals surface area contributed by atoms with Gasteiger partial charge in [0.25, 0.3) is 0 Å². The van der Waals surface area contributed by atoms with Gasteiger partial charge in [0.2, 0.25) is 5.91 Å². The molecule has 0 fully saturated rings. The first-order chi connectivity index (χ1) is 9.54. The molecule has 104 valence electrons. The van der Waals surface area contributed by atoms with Gasteiger partial charge >= 0.3 is 5.97 Å². The molecule has 1 heterocycles. The van der Waals surface area contributed by atoms with Crippen molar-refractivity contribution in [2.24, 2.45) is 0 Å². The minimum atomic E-state index is -0.910. The van der Waals surface area contributed by atoms with E-state index in [1.165, 1.54) is 18.3 Å². The Hall–Kier alpha value is -2.34. The first-order valence-electron chi connectivity index (χ1n) is 5.97. The van der Waals surface area contributed by atoms with E-state index in [4.69, 9.17) is 5.11 Å². The van der Waals surface area contributed by atoms with Crippen molar-refractivity contribution in [2.45, 2.75) is 13.5 Å². The molecule has 0 spiro atoms. The second-order valence-corrected chi connectivity index (χ2v) is 5.21. The van der Waals surface area contributed by atoms with Crippen LogP contribution in [0.1, 0.15) is 22.2 Å². The molecule has 0 saturated heterocycles. The van der Waals surface area contributed by atoms with Gasteiger partial charge in [-0.3, -0.25) is 4.79 Å². The summed E-state index contributed by atoms with van der Waals surface area (Å²) in [7, 11) is 0. The van der Waals surface area contributed by atoms with Gasteiger partial charge in [-0.2, -0.15) is 0 Å². The Kier molecular flexibility index (Phi) is 4.37. The standard InChI is InChI=1S/C14H14N2O3S/c1-9(17)16-12-4-2-11(3-5-12)15-7-13-6-10(8-20-13)14(18)19/h2-6,8,15H,7H2,1H3,(H,16,17)(H,18,19). The Morgan fingerprint density at radius 1 is 1.20 bits per heavy atom. The second-order valence-electron chi connectivity index (χ2n) is 4.22. The molecule has 5 nitrogen and oxygen atoms in total. The van der Waals surface area contributed by atoms with Crippen molar-refractivity contribution in [1.29, 1.82) is 0 Å². The van der Waals surface area contributed by atoms with Crippen molar-refractivity contribution in [3.8, 4) is 0 Å². The van der Waals surface area contributed by atoms with Crippen LogP contribution in [0.5, 0.6) is 0 Å². The molecule has 0 aliphatic carbocycles. The number of anilines is 2. The van der Waals surface area contributed by atoms with E-state index >= 15 is 0 Å². The van der Waals surface area contributed by atoms with Crippen molar-refractivity contribution in [3.63, 3.8) is 0 Å². The highest BCUT2D eigenvalue weighted by molar-refractivity contribution is 7.10. The molecular weight excluding hydrogens is 276 g/mol. The molecule has 0 bridgehead atoms. The van der Waals surface area contributed by atoms with Gasteiger partial charge in [-0.15, -0.1) is 11.3 Å². The first-order valence-corrected chi connectivity index (χ1v) is 6.85. The normalized spacial score (nSPS) is 10.1. The lowest BCUT2D eigenvalue weighted by atomic mass is 10.2. The van der Waals surface area contributed by atoms with E-state index in [1.54, 1.807) is 23.6 Å². The number of hydrogen-bond acceptors (Lipinski definition) is 4. The molecular formula is C14H14N2O3S. The van der Waals surface area contributed by atoms with E-state index in [0.29, 0.717) is 12.1 Å². The average Bonchev–Trinajstić information content (AvgIpc) is 2.86. The summed E-state index contributed by atoms with van der Waals surface area (Å²) in [5.41, 5.74) is 1.96. The fourth-order valence-electron chi connectivity index (χ4n) is 1.65. The summed E-state index contributed by atoms with van der Waals surface area (Å²) >= 11 is 1.41. The van der Waals surface area contributed by atoms with Gasteiger partial charge in [0, 0.05) is 35.1 Å². The van der Waals surface area contributed by atoms with Crippen molar-refractivity contribution >= 4 is 34.6 Å². The van der Waals surface area contributed by atoms with E-state index in [-0.39, 0.29) is 5.91 Å². The summed E-state index contributed by atoms with van der Waals surface area (Å²) in [5.74, 6) is -1.02. The van der Waals surface area contributed by atoms with Crippen LogP contribution in [0.15, 0.2) is 35.7 Å². The minimum Gasteiger partial charge on any atom is -0.478 e. The van der Waals surface area contributed by atoms with Crippen LogP contribution < -0.4 is 10.6 Å². The van der Waals surface area contributed by atoms with Gasteiger partial charge in [-0.25, -0.2) is 4.79 Å². The zero-order valence-electron chi connectivity index (χ0n) is 10.8. The lowest BCUT2D eigenvalue weighted by Gasteiger charge is -2.06. The number of aromatic carboxylic acids is 1. The molecule has 1 amide bonds. The van der Waals surface area contributed by atoms with Crippen molar-refractivity contribution in [3.05, 3.63) is 46.2 Å². The summed E-state index contributed by atoms with van der Waals surface area (Å²) in [4.78, 5) is 22.6. The Morgan fingerprint density at radius 2 is 1.85 bits per heavy atom. The predicted molar refractivity (Wildman–Crippen MR) is 79.4 cm³/mol. The molecule has 0 aliphatic heterocycles. The summed E-state index contributed by atoms with van der Waals surface area (Å²) in [5, 5.41) is 16.4. The summed E-state index contributed by atoms with van der Waals surface area (Å²) in [6.07, 6.45) is 0. The zero-order chi connectivity index (χ0) is 14.5. The Balaban J connectivity index is 1.93. The largest absolute Gasteiger partial charge is 0.478 e. The van der Waals surface area contributed by atoms with Crippen LogP contribution >= 0.6 is 11.3 Å². The number of rotatable bonds is 5. The maximum absolute atomic E-state index is 10.9. The highest BCUT2D eigenvalue weighted by Gasteiger charge is 2.06. The number of nitrogens with one attached hydrogen (secondary N) is 2.